The van der Waals surface area contributed by atoms with Crippen LogP contribution in [0.5, 0.6) is 0 Å². The van der Waals surface area contributed by atoms with Crippen molar-refractivity contribution in [1.82, 2.24) is 5.32 Å². The Bertz CT molecular complexity index is 415. The van der Waals surface area contributed by atoms with E-state index in [0.29, 0.717) is 5.56 Å². The van der Waals surface area contributed by atoms with E-state index in [4.69, 9.17) is 4.74 Å². The molecule has 0 aliphatic rings. The van der Waals surface area contributed by atoms with Crippen LogP contribution in [0.1, 0.15) is 18.3 Å². The van der Waals surface area contributed by atoms with Crippen LogP contribution in [0, 0.1) is 0 Å². The molecule has 17 heavy (non-hydrogen) atoms. The van der Waals surface area contributed by atoms with Gasteiger partial charge in [-0.05, 0) is 12.5 Å². The van der Waals surface area contributed by atoms with Gasteiger partial charge in [0.1, 0.15) is 5.78 Å². The molecule has 0 fully saturated rings. The maximum atomic E-state index is 11.7. The van der Waals surface area contributed by atoms with E-state index in [1.165, 1.54) is 6.66 Å². The molecule has 0 saturated heterocycles. The third-order valence-electron chi connectivity index (χ3n) is 2.12. The van der Waals surface area contributed by atoms with Crippen molar-refractivity contribution in [3.63, 3.8) is 0 Å². The normalized spacial score (nSPS) is 15.7. The summed E-state index contributed by atoms with van der Waals surface area (Å²) >= 11 is 0. The number of carbonyl (C=O) groups excluding carboxylic acids is 1. The summed E-state index contributed by atoms with van der Waals surface area (Å²) < 4.78 is 16.4. The average molecular weight is 257 g/mol. The Balaban J connectivity index is 2.91. The van der Waals surface area contributed by atoms with Gasteiger partial charge in [-0.3, -0.25) is 4.57 Å². The first kappa shape index (κ1) is 13.7. The predicted molar refractivity (Wildman–Crippen MR) is 65.1 cm³/mol. The van der Waals surface area contributed by atoms with Crippen LogP contribution >= 0.6 is 7.37 Å². The number of hydrogen-bond acceptors (Lipinski definition) is 3. The lowest BCUT2D eigenvalue weighted by Crippen LogP contribution is -2.29. The summed E-state index contributed by atoms with van der Waals surface area (Å²) in [5.74, 6) is -0.942. The standard InChI is InChI=1S/C11H16NO4P/c1-3-16-11(13)12-10(17(2,14)15)9-7-5-4-6-8-9/h4-8,10H,3H2,1-2H3,(H,12,13)(H,14,15). The molecule has 1 amide bonds. The van der Waals surface area contributed by atoms with E-state index in [1.807, 2.05) is 0 Å². The SMILES string of the molecule is CCOC(=O)NC(c1ccccc1)P(C)(=O)O. The van der Waals surface area contributed by atoms with Gasteiger partial charge in [-0.2, -0.15) is 0 Å². The molecule has 0 radical (unpaired) electrons. The van der Waals surface area contributed by atoms with Crippen LogP contribution in [0.25, 0.3) is 0 Å². The molecule has 2 unspecified atom stereocenters. The van der Waals surface area contributed by atoms with Gasteiger partial charge in [-0.1, -0.05) is 30.3 Å². The van der Waals surface area contributed by atoms with Crippen LogP contribution in [-0.4, -0.2) is 24.3 Å². The summed E-state index contributed by atoms with van der Waals surface area (Å²) in [7, 11) is -3.49. The Labute approximate surface area is 100 Å². The molecule has 0 saturated carbocycles. The second-order valence-corrected chi connectivity index (χ2v) is 6.02. The largest absolute Gasteiger partial charge is 0.450 e. The van der Waals surface area contributed by atoms with Crippen molar-refractivity contribution < 1.29 is 19.0 Å². The number of hydrogen-bond donors (Lipinski definition) is 2. The Morgan fingerprint density at radius 1 is 1.47 bits per heavy atom. The molecule has 94 valence electrons. The molecule has 0 aromatic heterocycles. The van der Waals surface area contributed by atoms with Crippen molar-refractivity contribution in [2.45, 2.75) is 12.7 Å². The minimum absolute atomic E-state index is 0.215. The van der Waals surface area contributed by atoms with Crippen LogP contribution in [-0.2, 0) is 9.30 Å². The van der Waals surface area contributed by atoms with Gasteiger partial charge in [0.05, 0.1) is 6.61 Å². The molecule has 6 heteroatoms. The quantitative estimate of drug-likeness (QED) is 0.812. The van der Waals surface area contributed by atoms with Crippen molar-refractivity contribution >= 4 is 13.5 Å². The van der Waals surface area contributed by atoms with E-state index in [2.05, 4.69) is 5.32 Å². The molecule has 5 nitrogen and oxygen atoms in total. The van der Waals surface area contributed by atoms with Gasteiger partial charge in [0.15, 0.2) is 0 Å². The van der Waals surface area contributed by atoms with Gasteiger partial charge < -0.3 is 14.9 Å². The average Bonchev–Trinajstić information content (AvgIpc) is 2.26. The number of ether oxygens (including phenoxy) is 1. The second-order valence-electron chi connectivity index (χ2n) is 3.62. The summed E-state index contributed by atoms with van der Waals surface area (Å²) in [5, 5.41) is 2.40. The van der Waals surface area contributed by atoms with Gasteiger partial charge in [0.25, 0.3) is 0 Å². The highest BCUT2D eigenvalue weighted by molar-refractivity contribution is 7.57. The summed E-state index contributed by atoms with van der Waals surface area (Å²) in [6, 6.07) is 8.64. The van der Waals surface area contributed by atoms with E-state index < -0.39 is 19.2 Å². The molecular formula is C11H16NO4P. The van der Waals surface area contributed by atoms with E-state index >= 15 is 0 Å². The third kappa shape index (κ3) is 4.21. The molecule has 0 bridgehead atoms. The first-order valence-electron chi connectivity index (χ1n) is 5.23. The number of rotatable bonds is 4. The zero-order valence-electron chi connectivity index (χ0n) is 9.79. The maximum Gasteiger partial charge on any atom is 0.408 e. The molecule has 0 spiro atoms. The molecule has 2 atom stereocenters. The molecule has 1 aromatic carbocycles. The highest BCUT2D eigenvalue weighted by atomic mass is 31.2. The van der Waals surface area contributed by atoms with Crippen LogP contribution in [0.15, 0.2) is 30.3 Å². The number of alkyl carbamates (subject to hydrolysis) is 1. The van der Waals surface area contributed by atoms with Crippen molar-refractivity contribution in [3.05, 3.63) is 35.9 Å². The Morgan fingerprint density at radius 2 is 2.06 bits per heavy atom. The number of benzene rings is 1. The van der Waals surface area contributed by atoms with Gasteiger partial charge in [0.2, 0.25) is 7.37 Å². The summed E-state index contributed by atoms with van der Waals surface area (Å²) in [6.07, 6.45) is -0.697. The highest BCUT2D eigenvalue weighted by Crippen LogP contribution is 2.50. The van der Waals surface area contributed by atoms with E-state index in [9.17, 15) is 14.3 Å². The van der Waals surface area contributed by atoms with Crippen molar-refractivity contribution in [2.24, 2.45) is 0 Å². The second kappa shape index (κ2) is 5.84. The van der Waals surface area contributed by atoms with Crippen molar-refractivity contribution in [2.75, 3.05) is 13.3 Å². The van der Waals surface area contributed by atoms with Gasteiger partial charge in [-0.15, -0.1) is 0 Å². The Kier molecular flexibility index (Phi) is 4.73. The van der Waals surface area contributed by atoms with Gasteiger partial charge in [0, 0.05) is 6.66 Å². The first-order chi connectivity index (χ1) is 7.95. The fraction of sp³-hybridized carbons (Fsp3) is 0.364. The first-order valence-corrected chi connectivity index (χ1v) is 7.41. The zero-order valence-corrected chi connectivity index (χ0v) is 10.7. The topological polar surface area (TPSA) is 75.6 Å². The van der Waals surface area contributed by atoms with Crippen LogP contribution in [0.2, 0.25) is 0 Å². The van der Waals surface area contributed by atoms with Crippen LogP contribution in [0.3, 0.4) is 0 Å². The van der Waals surface area contributed by atoms with E-state index in [-0.39, 0.29) is 6.61 Å². The summed E-state index contributed by atoms with van der Waals surface area (Å²) in [4.78, 5) is 20.9. The lowest BCUT2D eigenvalue weighted by atomic mass is 10.2. The third-order valence-corrected chi connectivity index (χ3v) is 3.51. The Hall–Kier alpha value is -1.32. The maximum absolute atomic E-state index is 11.7. The van der Waals surface area contributed by atoms with Gasteiger partial charge >= 0.3 is 6.09 Å². The number of nitrogens with one attached hydrogen (secondary N) is 1. The van der Waals surface area contributed by atoms with E-state index in [0.717, 1.165) is 0 Å². The molecule has 1 aromatic rings. The summed E-state index contributed by atoms with van der Waals surface area (Å²) in [5.41, 5.74) is 0.578. The predicted octanol–water partition coefficient (Wildman–Crippen LogP) is 2.33. The molecule has 1 rings (SSSR count). The van der Waals surface area contributed by atoms with Crippen molar-refractivity contribution in [1.29, 1.82) is 0 Å². The highest BCUT2D eigenvalue weighted by Gasteiger charge is 2.29. The monoisotopic (exact) mass is 257 g/mol. The number of carbonyl (C=O) groups is 1. The fourth-order valence-corrected chi connectivity index (χ4v) is 2.47. The molecule has 2 N–H and O–H groups in total. The van der Waals surface area contributed by atoms with Gasteiger partial charge in [-0.25, -0.2) is 4.79 Å². The minimum atomic E-state index is -3.49. The molecule has 0 aliphatic heterocycles. The molecular weight excluding hydrogens is 241 g/mol. The minimum Gasteiger partial charge on any atom is -0.450 e. The zero-order chi connectivity index (χ0) is 12.9. The smallest absolute Gasteiger partial charge is 0.408 e. The van der Waals surface area contributed by atoms with Crippen molar-refractivity contribution in [3.8, 4) is 0 Å². The van der Waals surface area contributed by atoms with Crippen LogP contribution < -0.4 is 5.32 Å². The Morgan fingerprint density at radius 3 is 2.53 bits per heavy atom. The molecule has 0 aliphatic carbocycles. The fourth-order valence-electron chi connectivity index (χ4n) is 1.40. The lowest BCUT2D eigenvalue weighted by molar-refractivity contribution is 0.150. The van der Waals surface area contributed by atoms with E-state index in [1.54, 1.807) is 37.3 Å². The number of amides is 1. The summed E-state index contributed by atoms with van der Waals surface area (Å²) in [6.45, 7) is 3.09. The molecule has 0 heterocycles. The lowest BCUT2D eigenvalue weighted by Gasteiger charge is -2.21. The van der Waals surface area contributed by atoms with Crippen LogP contribution in [0.4, 0.5) is 4.79 Å².